The number of unbranched alkanes of at least 4 members (excludes halogenated alkanes) is 4. The Labute approximate surface area is 154 Å². The van der Waals surface area contributed by atoms with E-state index in [0.717, 1.165) is 32.0 Å². The van der Waals surface area contributed by atoms with E-state index in [-0.39, 0.29) is 11.9 Å². The van der Waals surface area contributed by atoms with Gasteiger partial charge in [-0.2, -0.15) is 0 Å². The number of hydrogen-bond donors (Lipinski definition) is 1. The van der Waals surface area contributed by atoms with Gasteiger partial charge in [-0.05, 0) is 46.3 Å². The summed E-state index contributed by atoms with van der Waals surface area (Å²) in [6.45, 7) is 8.62. The fourth-order valence-electron chi connectivity index (χ4n) is 3.28. The van der Waals surface area contributed by atoms with Crippen molar-refractivity contribution in [2.24, 2.45) is 16.8 Å². The zero-order chi connectivity index (χ0) is 18.7. The summed E-state index contributed by atoms with van der Waals surface area (Å²) >= 11 is 0. The van der Waals surface area contributed by atoms with E-state index in [1.807, 2.05) is 0 Å². The molecule has 1 rings (SSSR count). The average Bonchev–Trinajstić information content (AvgIpc) is 2.97. The molecule has 0 saturated carbocycles. The number of carbonyl (C=O) groups excluding carboxylic acids is 1. The van der Waals surface area contributed by atoms with E-state index in [2.05, 4.69) is 43.1 Å². The Morgan fingerprint density at radius 1 is 1.20 bits per heavy atom. The fourth-order valence-corrected chi connectivity index (χ4v) is 3.28. The van der Waals surface area contributed by atoms with Gasteiger partial charge in [0.25, 0.3) is 0 Å². The molecule has 0 aromatic carbocycles. The fraction of sp³-hybridized carbons (Fsp3) is 0.895. The van der Waals surface area contributed by atoms with Gasteiger partial charge in [0.05, 0.1) is 13.0 Å². The molecule has 0 radical (unpaired) electrons. The van der Waals surface area contributed by atoms with Crippen LogP contribution in [0.4, 0.5) is 0 Å². The van der Waals surface area contributed by atoms with Gasteiger partial charge in [-0.1, -0.05) is 26.2 Å². The molecule has 0 spiro atoms. The molecule has 146 valence electrons. The molecule has 0 bridgehead atoms. The molecule has 6 heteroatoms. The molecule has 2 unspecified atom stereocenters. The number of methoxy groups -OCH3 is 1. The lowest BCUT2D eigenvalue weighted by Gasteiger charge is -2.21. The van der Waals surface area contributed by atoms with Crippen LogP contribution in [0.1, 0.15) is 46.0 Å². The third-order valence-corrected chi connectivity index (χ3v) is 4.78. The largest absolute Gasteiger partial charge is 0.469 e. The molecule has 6 nitrogen and oxygen atoms in total. The third-order valence-electron chi connectivity index (χ3n) is 4.78. The summed E-state index contributed by atoms with van der Waals surface area (Å²) in [5.74, 6) is 1.08. The highest BCUT2D eigenvalue weighted by atomic mass is 16.5. The first-order chi connectivity index (χ1) is 12.0. The van der Waals surface area contributed by atoms with Crippen LogP contribution >= 0.6 is 0 Å². The molecular weight excluding hydrogens is 316 g/mol. The second-order valence-electron chi connectivity index (χ2n) is 7.32. The lowest BCUT2D eigenvalue weighted by Crippen LogP contribution is -2.40. The van der Waals surface area contributed by atoms with Crippen LogP contribution in [0.5, 0.6) is 0 Å². The first-order valence-corrected chi connectivity index (χ1v) is 9.75. The maximum Gasteiger partial charge on any atom is 0.310 e. The van der Waals surface area contributed by atoms with Gasteiger partial charge in [-0.25, -0.2) is 0 Å². The van der Waals surface area contributed by atoms with Gasteiger partial charge in [0, 0.05) is 26.2 Å². The molecule has 0 aliphatic carbocycles. The quantitative estimate of drug-likeness (QED) is 0.282. The van der Waals surface area contributed by atoms with Crippen molar-refractivity contribution in [3.63, 3.8) is 0 Å². The Morgan fingerprint density at radius 2 is 1.88 bits per heavy atom. The average molecular weight is 355 g/mol. The monoisotopic (exact) mass is 354 g/mol. The first kappa shape index (κ1) is 21.7. The summed E-state index contributed by atoms with van der Waals surface area (Å²) in [6.07, 6.45) is 6.22. The van der Waals surface area contributed by atoms with Crippen LogP contribution in [0.2, 0.25) is 0 Å². The van der Waals surface area contributed by atoms with Gasteiger partial charge >= 0.3 is 5.97 Å². The highest BCUT2D eigenvalue weighted by Gasteiger charge is 2.36. The van der Waals surface area contributed by atoms with E-state index < -0.39 is 0 Å². The topological polar surface area (TPSA) is 57.2 Å². The highest BCUT2D eigenvalue weighted by molar-refractivity contribution is 5.82. The smallest absolute Gasteiger partial charge is 0.310 e. The van der Waals surface area contributed by atoms with E-state index >= 15 is 0 Å². The minimum Gasteiger partial charge on any atom is -0.469 e. The number of likely N-dealkylation sites (tertiary alicyclic amines) is 1. The number of nitrogens with zero attached hydrogens (tertiary/aromatic N) is 3. The van der Waals surface area contributed by atoms with Crippen LogP contribution in [-0.2, 0) is 9.53 Å². The predicted molar refractivity (Wildman–Crippen MR) is 104 cm³/mol. The van der Waals surface area contributed by atoms with Crippen LogP contribution in [0.25, 0.3) is 0 Å². The van der Waals surface area contributed by atoms with Crippen molar-refractivity contribution in [3.05, 3.63) is 0 Å². The van der Waals surface area contributed by atoms with Gasteiger partial charge in [0.2, 0.25) is 0 Å². The molecule has 25 heavy (non-hydrogen) atoms. The summed E-state index contributed by atoms with van der Waals surface area (Å²) in [5.41, 5.74) is 0. The summed E-state index contributed by atoms with van der Waals surface area (Å²) in [6, 6.07) is 0. The molecule has 1 N–H and O–H groups in total. The minimum atomic E-state index is -0.108. The third kappa shape index (κ3) is 8.08. The molecule has 2 atom stereocenters. The maximum atomic E-state index is 11.9. The number of aliphatic imine (C=N–C) groups is 1. The zero-order valence-corrected chi connectivity index (χ0v) is 16.9. The van der Waals surface area contributed by atoms with Crippen molar-refractivity contribution in [1.82, 2.24) is 15.1 Å². The van der Waals surface area contributed by atoms with E-state index in [9.17, 15) is 4.79 Å². The summed E-state index contributed by atoms with van der Waals surface area (Å²) in [4.78, 5) is 21.1. The van der Waals surface area contributed by atoms with E-state index in [1.165, 1.54) is 39.3 Å². The van der Waals surface area contributed by atoms with Gasteiger partial charge < -0.3 is 19.9 Å². The Morgan fingerprint density at radius 3 is 2.52 bits per heavy atom. The molecule has 1 heterocycles. The van der Waals surface area contributed by atoms with Crippen LogP contribution in [0.3, 0.4) is 0 Å². The molecule has 0 aromatic rings. The van der Waals surface area contributed by atoms with Crippen LogP contribution in [0.15, 0.2) is 4.99 Å². The highest BCUT2D eigenvalue weighted by Crippen LogP contribution is 2.24. The van der Waals surface area contributed by atoms with E-state index in [0.29, 0.717) is 12.5 Å². The Balaban J connectivity index is 2.36. The molecule has 0 aromatic heterocycles. The van der Waals surface area contributed by atoms with Gasteiger partial charge in [0.1, 0.15) is 0 Å². The SMILES string of the molecule is CCNC(=NCCCCCCCN(C)C)N1CC(C)C(C(=O)OC)C1. The van der Waals surface area contributed by atoms with Crippen molar-refractivity contribution in [3.8, 4) is 0 Å². The standard InChI is InChI=1S/C19H38N4O2/c1-6-20-19(21-12-10-8-7-9-11-13-22(3)4)23-14-16(2)17(15-23)18(24)25-5/h16-17H,6-15H2,1-5H3,(H,20,21). The summed E-state index contributed by atoms with van der Waals surface area (Å²) in [5, 5.41) is 3.36. The van der Waals surface area contributed by atoms with Crippen molar-refractivity contribution in [2.75, 3.05) is 53.9 Å². The number of esters is 1. The maximum absolute atomic E-state index is 11.9. The zero-order valence-electron chi connectivity index (χ0n) is 16.9. The second kappa shape index (κ2) is 12.1. The van der Waals surface area contributed by atoms with Crippen molar-refractivity contribution in [2.45, 2.75) is 46.0 Å². The molecule has 0 amide bonds. The number of rotatable bonds is 10. The Hall–Kier alpha value is -1.30. The van der Waals surface area contributed by atoms with Gasteiger partial charge in [-0.3, -0.25) is 9.79 Å². The van der Waals surface area contributed by atoms with Crippen molar-refractivity contribution in [1.29, 1.82) is 0 Å². The van der Waals surface area contributed by atoms with Crippen molar-refractivity contribution >= 4 is 11.9 Å². The van der Waals surface area contributed by atoms with Gasteiger partial charge in [0.15, 0.2) is 5.96 Å². The van der Waals surface area contributed by atoms with E-state index in [1.54, 1.807) is 0 Å². The van der Waals surface area contributed by atoms with E-state index in [4.69, 9.17) is 9.73 Å². The molecule has 1 aliphatic rings. The molecule has 1 fully saturated rings. The molecular formula is C19H38N4O2. The normalized spacial score (nSPS) is 21.0. The number of guanidine groups is 1. The number of nitrogens with one attached hydrogen (secondary N) is 1. The lowest BCUT2D eigenvalue weighted by atomic mass is 9.99. The number of carbonyl (C=O) groups is 1. The number of ether oxygens (including phenoxy) is 1. The lowest BCUT2D eigenvalue weighted by molar-refractivity contribution is -0.145. The van der Waals surface area contributed by atoms with Crippen LogP contribution in [-0.4, -0.2) is 75.7 Å². The van der Waals surface area contributed by atoms with Crippen LogP contribution in [0, 0.1) is 11.8 Å². The Bertz CT molecular complexity index is 412. The minimum absolute atomic E-state index is 0.0504. The van der Waals surface area contributed by atoms with Crippen molar-refractivity contribution < 1.29 is 9.53 Å². The summed E-state index contributed by atoms with van der Waals surface area (Å²) < 4.78 is 4.92. The first-order valence-electron chi connectivity index (χ1n) is 9.75. The predicted octanol–water partition coefficient (Wildman–Crippen LogP) is 2.20. The number of hydrogen-bond acceptors (Lipinski definition) is 4. The molecule has 1 saturated heterocycles. The molecule has 1 aliphatic heterocycles. The Kier molecular flexibility index (Phi) is 10.5. The summed E-state index contributed by atoms with van der Waals surface area (Å²) in [7, 11) is 5.72. The van der Waals surface area contributed by atoms with Gasteiger partial charge in [-0.15, -0.1) is 0 Å². The second-order valence-corrected chi connectivity index (χ2v) is 7.32. The van der Waals surface area contributed by atoms with Crippen LogP contribution < -0.4 is 5.32 Å².